The second kappa shape index (κ2) is 10.4. The van der Waals surface area contributed by atoms with Gasteiger partial charge in [0.1, 0.15) is 11.5 Å². The summed E-state index contributed by atoms with van der Waals surface area (Å²) in [4.78, 5) is 25.3. The number of carbonyl (C=O) groups is 1. The van der Waals surface area contributed by atoms with Crippen molar-refractivity contribution in [3.8, 4) is 22.8 Å². The summed E-state index contributed by atoms with van der Waals surface area (Å²) >= 11 is 13.1. The van der Waals surface area contributed by atoms with Crippen LogP contribution >= 0.6 is 23.2 Å². The van der Waals surface area contributed by atoms with Gasteiger partial charge < -0.3 is 25.4 Å². The first kappa shape index (κ1) is 24.0. The third kappa shape index (κ3) is 4.86. The highest BCUT2D eigenvalue weighted by Gasteiger charge is 2.26. The molecule has 3 N–H and O–H groups in total. The summed E-state index contributed by atoms with van der Waals surface area (Å²) in [6, 6.07) is 3.28. The summed E-state index contributed by atoms with van der Waals surface area (Å²) in [5.74, 6) is 1.08. The molecule has 1 fully saturated rings. The summed E-state index contributed by atoms with van der Waals surface area (Å²) in [7, 11) is 3.04. The van der Waals surface area contributed by atoms with Gasteiger partial charge in [-0.3, -0.25) is 9.78 Å². The Balaban J connectivity index is 1.63. The fourth-order valence-corrected chi connectivity index (χ4v) is 4.54. The maximum absolute atomic E-state index is 11.8. The van der Waals surface area contributed by atoms with Crippen LogP contribution in [0.2, 0.25) is 10.0 Å². The Morgan fingerprint density at radius 1 is 1.15 bits per heavy atom. The first-order valence-electron chi connectivity index (χ1n) is 10.6. The van der Waals surface area contributed by atoms with E-state index in [1.165, 1.54) is 20.3 Å². The van der Waals surface area contributed by atoms with Crippen molar-refractivity contribution in [2.45, 2.75) is 18.5 Å². The molecular weight excluding hydrogens is 479 g/mol. The lowest BCUT2D eigenvalue weighted by Crippen LogP contribution is -2.55. The molecule has 11 heteroatoms. The molecule has 4 rings (SSSR count). The second-order valence-corrected chi connectivity index (χ2v) is 8.42. The maximum atomic E-state index is 11.8. The van der Waals surface area contributed by atoms with Crippen LogP contribution in [0.3, 0.4) is 0 Å². The standard InChI is InChI=1S/C23H24Cl2N6O3/c1-4-19(32)29-13-5-6-26-10-16(13)31-23-28-9-12-7-14(27-11-15(12)30-23)20-21(24)17(33-2)8-18(34-3)22(20)25/h4,7-9,11,13,16,26H,1,5-6,10H2,2-3H3,(H,29,32)(H,28,30,31)/t13-,16+/m0/s1. The molecule has 0 unspecified atom stereocenters. The topological polar surface area (TPSA) is 110 Å². The average Bonchev–Trinajstić information content (AvgIpc) is 2.85. The highest BCUT2D eigenvalue weighted by molar-refractivity contribution is 6.41. The number of pyridine rings is 1. The van der Waals surface area contributed by atoms with Crippen molar-refractivity contribution in [2.75, 3.05) is 32.6 Å². The fraction of sp³-hybridized carbons (Fsp3) is 0.304. The molecule has 3 aromatic rings. The Hall–Kier alpha value is -3.14. The average molecular weight is 503 g/mol. The van der Waals surface area contributed by atoms with Crippen LogP contribution < -0.4 is 25.4 Å². The Labute approximate surface area is 206 Å². The molecule has 0 bridgehead atoms. The van der Waals surface area contributed by atoms with Crippen molar-refractivity contribution >= 4 is 46.0 Å². The molecule has 34 heavy (non-hydrogen) atoms. The number of rotatable bonds is 7. The molecule has 0 spiro atoms. The number of hydrogen-bond donors (Lipinski definition) is 3. The number of carbonyl (C=O) groups excluding carboxylic acids is 1. The molecule has 0 radical (unpaired) electrons. The Bertz CT molecular complexity index is 1210. The van der Waals surface area contributed by atoms with E-state index in [1.54, 1.807) is 24.5 Å². The van der Waals surface area contributed by atoms with Crippen LogP contribution in [0.4, 0.5) is 5.95 Å². The Morgan fingerprint density at radius 2 is 1.88 bits per heavy atom. The first-order chi connectivity index (χ1) is 16.4. The number of benzene rings is 1. The Morgan fingerprint density at radius 3 is 2.56 bits per heavy atom. The zero-order valence-corrected chi connectivity index (χ0v) is 20.2. The number of fused-ring (bicyclic) bond motifs is 1. The van der Waals surface area contributed by atoms with Crippen LogP contribution in [0.15, 0.2) is 37.2 Å². The normalized spacial score (nSPS) is 17.8. The van der Waals surface area contributed by atoms with E-state index in [4.69, 9.17) is 32.7 Å². The van der Waals surface area contributed by atoms with E-state index in [0.717, 1.165) is 18.4 Å². The number of ether oxygens (including phenoxy) is 2. The zero-order valence-electron chi connectivity index (χ0n) is 18.7. The maximum Gasteiger partial charge on any atom is 0.243 e. The molecular formula is C23H24Cl2N6O3. The lowest BCUT2D eigenvalue weighted by molar-refractivity contribution is -0.117. The van der Waals surface area contributed by atoms with Crippen LogP contribution in [0.25, 0.3) is 22.2 Å². The smallest absolute Gasteiger partial charge is 0.243 e. The summed E-state index contributed by atoms with van der Waals surface area (Å²) in [5, 5.41) is 11.0. The summed E-state index contributed by atoms with van der Waals surface area (Å²) in [6.45, 7) is 4.99. The molecule has 3 heterocycles. The number of halogens is 2. The van der Waals surface area contributed by atoms with E-state index < -0.39 is 0 Å². The van der Waals surface area contributed by atoms with Gasteiger partial charge in [0.05, 0.1) is 53.8 Å². The highest BCUT2D eigenvalue weighted by Crippen LogP contribution is 2.45. The van der Waals surface area contributed by atoms with E-state index in [1.807, 2.05) is 0 Å². The van der Waals surface area contributed by atoms with E-state index in [0.29, 0.717) is 50.8 Å². The molecule has 1 saturated heterocycles. The quantitative estimate of drug-likeness (QED) is 0.421. The molecule has 178 valence electrons. The van der Waals surface area contributed by atoms with Gasteiger partial charge >= 0.3 is 0 Å². The van der Waals surface area contributed by atoms with Crippen molar-refractivity contribution < 1.29 is 14.3 Å². The van der Waals surface area contributed by atoms with Gasteiger partial charge in [-0.05, 0) is 25.1 Å². The van der Waals surface area contributed by atoms with Gasteiger partial charge in [0, 0.05) is 29.8 Å². The van der Waals surface area contributed by atoms with Gasteiger partial charge in [-0.25, -0.2) is 9.97 Å². The second-order valence-electron chi connectivity index (χ2n) is 7.67. The van der Waals surface area contributed by atoms with Crippen LogP contribution in [0.1, 0.15) is 6.42 Å². The minimum absolute atomic E-state index is 0.0705. The van der Waals surface area contributed by atoms with E-state index in [-0.39, 0.29) is 18.0 Å². The number of nitrogens with zero attached hydrogens (tertiary/aromatic N) is 3. The van der Waals surface area contributed by atoms with Gasteiger partial charge in [-0.2, -0.15) is 0 Å². The lowest BCUT2D eigenvalue weighted by atomic mass is 10.0. The van der Waals surface area contributed by atoms with Gasteiger partial charge in [0.25, 0.3) is 0 Å². The van der Waals surface area contributed by atoms with Crippen LogP contribution in [0.5, 0.6) is 11.5 Å². The SMILES string of the molecule is C=CC(=O)N[C@H]1CCNC[C@H]1Nc1ncc2cc(-c3c(Cl)c(OC)cc(OC)c3Cl)ncc2n1. The first-order valence-corrected chi connectivity index (χ1v) is 11.3. The third-order valence-corrected chi connectivity index (χ3v) is 6.36. The van der Waals surface area contributed by atoms with Crippen molar-refractivity contribution in [3.63, 3.8) is 0 Å². The van der Waals surface area contributed by atoms with E-state index in [9.17, 15) is 4.79 Å². The van der Waals surface area contributed by atoms with Crippen LogP contribution in [-0.2, 0) is 4.79 Å². The summed E-state index contributed by atoms with van der Waals surface area (Å²) in [5.41, 5.74) is 1.67. The van der Waals surface area contributed by atoms with Gasteiger partial charge in [0.2, 0.25) is 11.9 Å². The molecule has 2 atom stereocenters. The third-order valence-electron chi connectivity index (χ3n) is 5.61. The van der Waals surface area contributed by atoms with E-state index >= 15 is 0 Å². The van der Waals surface area contributed by atoms with Crippen molar-refractivity contribution in [3.05, 3.63) is 47.2 Å². The summed E-state index contributed by atoms with van der Waals surface area (Å²) in [6.07, 6.45) is 5.38. The molecule has 1 aliphatic heterocycles. The fourth-order valence-electron chi connectivity index (χ4n) is 3.84. The molecule has 0 saturated carbocycles. The molecule has 1 aliphatic rings. The van der Waals surface area contributed by atoms with Crippen LogP contribution in [0, 0.1) is 0 Å². The predicted molar refractivity (Wildman–Crippen MR) is 133 cm³/mol. The number of hydrogen-bond acceptors (Lipinski definition) is 8. The number of aromatic nitrogens is 3. The lowest BCUT2D eigenvalue weighted by Gasteiger charge is -2.33. The number of piperidine rings is 1. The zero-order chi connectivity index (χ0) is 24.2. The Kier molecular flexibility index (Phi) is 7.35. The number of anilines is 1. The van der Waals surface area contributed by atoms with E-state index in [2.05, 4.69) is 37.5 Å². The number of amides is 1. The predicted octanol–water partition coefficient (Wildman–Crippen LogP) is 3.46. The molecule has 1 amide bonds. The van der Waals surface area contributed by atoms with Gasteiger partial charge in [-0.15, -0.1) is 0 Å². The largest absolute Gasteiger partial charge is 0.495 e. The van der Waals surface area contributed by atoms with Gasteiger partial charge in [-0.1, -0.05) is 29.8 Å². The van der Waals surface area contributed by atoms with Crippen molar-refractivity contribution in [2.24, 2.45) is 0 Å². The highest BCUT2D eigenvalue weighted by atomic mass is 35.5. The van der Waals surface area contributed by atoms with Gasteiger partial charge in [0.15, 0.2) is 0 Å². The minimum atomic E-state index is -0.207. The molecule has 1 aromatic carbocycles. The number of methoxy groups -OCH3 is 2. The number of nitrogens with one attached hydrogen (secondary N) is 3. The minimum Gasteiger partial charge on any atom is -0.495 e. The van der Waals surface area contributed by atoms with Crippen molar-refractivity contribution in [1.82, 2.24) is 25.6 Å². The molecule has 2 aromatic heterocycles. The van der Waals surface area contributed by atoms with Crippen molar-refractivity contribution in [1.29, 1.82) is 0 Å². The van der Waals surface area contributed by atoms with Crippen LogP contribution in [-0.4, -0.2) is 60.3 Å². The molecule has 9 nitrogen and oxygen atoms in total. The summed E-state index contributed by atoms with van der Waals surface area (Å²) < 4.78 is 10.7. The monoisotopic (exact) mass is 502 g/mol. The molecule has 0 aliphatic carbocycles.